The molecule has 0 saturated carbocycles. The summed E-state index contributed by atoms with van der Waals surface area (Å²) in [7, 11) is -4.03. The van der Waals surface area contributed by atoms with Crippen LogP contribution in [0.1, 0.15) is 5.56 Å². The molecule has 20 heavy (non-hydrogen) atoms. The number of aromatic nitrogens is 1. The molecule has 2 heterocycles. The SMILES string of the molecule is Cc1cc(S(=O)(=O)Nc2cccc(F)n2)sc1[N+](=O)[O-]. The average molecular weight is 317 g/mol. The lowest BCUT2D eigenvalue weighted by atomic mass is 10.4. The van der Waals surface area contributed by atoms with Crippen LogP contribution in [0.4, 0.5) is 15.2 Å². The van der Waals surface area contributed by atoms with Crippen LogP contribution in [-0.4, -0.2) is 18.3 Å². The second-order valence-corrected chi connectivity index (χ2v) is 6.70. The Hall–Kier alpha value is -2.07. The molecule has 2 aromatic rings. The van der Waals surface area contributed by atoms with Crippen LogP contribution in [0.3, 0.4) is 0 Å². The monoisotopic (exact) mass is 317 g/mol. The molecule has 0 bridgehead atoms. The molecule has 0 atom stereocenters. The number of sulfonamides is 1. The molecule has 0 aliphatic carbocycles. The minimum Gasteiger partial charge on any atom is -0.263 e. The van der Waals surface area contributed by atoms with Gasteiger partial charge in [0.15, 0.2) is 0 Å². The molecule has 106 valence electrons. The van der Waals surface area contributed by atoms with Gasteiger partial charge in [0.05, 0.1) is 4.92 Å². The van der Waals surface area contributed by atoms with Crippen molar-refractivity contribution in [3.63, 3.8) is 0 Å². The summed E-state index contributed by atoms with van der Waals surface area (Å²) in [4.78, 5) is 13.4. The summed E-state index contributed by atoms with van der Waals surface area (Å²) < 4.78 is 38.8. The number of aryl methyl sites for hydroxylation is 1. The van der Waals surface area contributed by atoms with Crippen LogP contribution in [0.5, 0.6) is 0 Å². The van der Waals surface area contributed by atoms with Gasteiger partial charge in [-0.1, -0.05) is 6.07 Å². The summed E-state index contributed by atoms with van der Waals surface area (Å²) in [5.41, 5.74) is 0.243. The predicted octanol–water partition coefficient (Wildman–Crippen LogP) is 2.30. The van der Waals surface area contributed by atoms with Crippen molar-refractivity contribution in [1.29, 1.82) is 0 Å². The maximum Gasteiger partial charge on any atom is 0.328 e. The first kappa shape index (κ1) is 14.3. The van der Waals surface area contributed by atoms with Gasteiger partial charge in [0, 0.05) is 5.56 Å². The Morgan fingerprint density at radius 1 is 1.45 bits per heavy atom. The fourth-order valence-corrected chi connectivity index (χ4v) is 3.75. The number of thiophene rings is 1. The minimum absolute atomic E-state index is 0.196. The van der Waals surface area contributed by atoms with E-state index in [2.05, 4.69) is 9.71 Å². The molecule has 0 radical (unpaired) electrons. The fourth-order valence-electron chi connectivity index (χ4n) is 1.41. The molecule has 0 saturated heterocycles. The summed E-state index contributed by atoms with van der Waals surface area (Å²) in [5.74, 6) is -1.03. The molecule has 1 N–H and O–H groups in total. The minimum atomic E-state index is -4.03. The van der Waals surface area contributed by atoms with Crippen molar-refractivity contribution in [2.24, 2.45) is 0 Å². The first-order valence-electron chi connectivity index (χ1n) is 5.20. The van der Waals surface area contributed by atoms with Crippen molar-refractivity contribution >= 4 is 32.2 Å². The largest absolute Gasteiger partial charge is 0.328 e. The lowest BCUT2D eigenvalue weighted by molar-refractivity contribution is -0.380. The van der Waals surface area contributed by atoms with Gasteiger partial charge in [-0.25, -0.2) is 13.4 Å². The number of rotatable bonds is 4. The van der Waals surface area contributed by atoms with Crippen LogP contribution in [0.15, 0.2) is 28.5 Å². The van der Waals surface area contributed by atoms with Crippen LogP contribution in [-0.2, 0) is 10.0 Å². The number of hydrogen-bond acceptors (Lipinski definition) is 6. The molecule has 0 spiro atoms. The van der Waals surface area contributed by atoms with E-state index in [0.717, 1.165) is 6.07 Å². The van der Waals surface area contributed by atoms with Crippen molar-refractivity contribution < 1.29 is 17.7 Å². The van der Waals surface area contributed by atoms with Crippen LogP contribution >= 0.6 is 11.3 Å². The molecule has 0 fully saturated rings. The third-order valence-corrected chi connectivity index (χ3v) is 5.27. The highest BCUT2D eigenvalue weighted by molar-refractivity contribution is 7.94. The van der Waals surface area contributed by atoms with E-state index in [1.807, 2.05) is 0 Å². The van der Waals surface area contributed by atoms with Gasteiger partial charge in [0.25, 0.3) is 10.0 Å². The summed E-state index contributed by atoms with van der Waals surface area (Å²) in [5, 5.41) is 10.5. The van der Waals surface area contributed by atoms with Gasteiger partial charge in [-0.05, 0) is 36.5 Å². The molecule has 0 aliphatic rings. The smallest absolute Gasteiger partial charge is 0.263 e. The number of pyridine rings is 1. The molecule has 2 rings (SSSR count). The van der Waals surface area contributed by atoms with Crippen LogP contribution in [0.2, 0.25) is 0 Å². The van der Waals surface area contributed by atoms with Crippen LogP contribution < -0.4 is 4.72 Å². The zero-order valence-corrected chi connectivity index (χ0v) is 11.7. The summed E-state index contributed by atoms with van der Waals surface area (Å²) >= 11 is 0.527. The second kappa shape index (κ2) is 5.13. The van der Waals surface area contributed by atoms with Gasteiger partial charge in [-0.3, -0.25) is 14.8 Å². The van der Waals surface area contributed by atoms with Crippen molar-refractivity contribution in [2.75, 3.05) is 4.72 Å². The first-order chi connectivity index (χ1) is 9.29. The van der Waals surface area contributed by atoms with Gasteiger partial charge >= 0.3 is 5.00 Å². The molecule has 0 aromatic carbocycles. The van der Waals surface area contributed by atoms with Gasteiger partial charge in [0.1, 0.15) is 10.0 Å². The number of anilines is 1. The van der Waals surface area contributed by atoms with E-state index in [1.165, 1.54) is 25.1 Å². The van der Waals surface area contributed by atoms with E-state index >= 15 is 0 Å². The van der Waals surface area contributed by atoms with E-state index < -0.39 is 20.9 Å². The molecular formula is C10H8FN3O4S2. The number of nitrogens with one attached hydrogen (secondary N) is 1. The Balaban J connectivity index is 2.36. The third kappa shape index (κ3) is 2.91. The van der Waals surface area contributed by atoms with Gasteiger partial charge < -0.3 is 0 Å². The van der Waals surface area contributed by atoms with Gasteiger partial charge in [-0.15, -0.1) is 0 Å². The van der Waals surface area contributed by atoms with E-state index in [-0.39, 0.29) is 20.6 Å². The topological polar surface area (TPSA) is 102 Å². The summed E-state index contributed by atoms with van der Waals surface area (Å²) in [6, 6.07) is 4.82. The molecule has 0 unspecified atom stereocenters. The normalized spacial score (nSPS) is 11.3. The second-order valence-electron chi connectivity index (χ2n) is 3.76. The van der Waals surface area contributed by atoms with Crippen LogP contribution in [0.25, 0.3) is 0 Å². The summed E-state index contributed by atoms with van der Waals surface area (Å²) in [6.07, 6.45) is 0. The first-order valence-corrected chi connectivity index (χ1v) is 7.50. The number of halogens is 1. The Kier molecular flexibility index (Phi) is 3.68. The highest BCUT2D eigenvalue weighted by atomic mass is 32.2. The lowest BCUT2D eigenvalue weighted by Crippen LogP contribution is -2.12. The molecule has 2 aromatic heterocycles. The molecule has 0 aliphatic heterocycles. The maximum atomic E-state index is 12.9. The Morgan fingerprint density at radius 2 is 2.15 bits per heavy atom. The van der Waals surface area contributed by atoms with Gasteiger partial charge in [-0.2, -0.15) is 4.39 Å². The zero-order valence-electron chi connectivity index (χ0n) is 10.0. The summed E-state index contributed by atoms with van der Waals surface area (Å²) in [6.45, 7) is 1.44. The Bertz CT molecular complexity index is 773. The Labute approximate surface area is 117 Å². The fraction of sp³-hybridized carbons (Fsp3) is 0.100. The molecule has 0 amide bonds. The third-order valence-electron chi connectivity index (χ3n) is 2.25. The molecule has 7 nitrogen and oxygen atoms in total. The van der Waals surface area contributed by atoms with E-state index in [1.54, 1.807) is 0 Å². The predicted molar refractivity (Wildman–Crippen MR) is 70.7 cm³/mol. The number of nitro groups is 1. The average Bonchev–Trinajstić information content (AvgIpc) is 2.71. The van der Waals surface area contributed by atoms with E-state index in [0.29, 0.717) is 11.3 Å². The van der Waals surface area contributed by atoms with Crippen molar-refractivity contribution in [1.82, 2.24) is 4.98 Å². The van der Waals surface area contributed by atoms with E-state index in [4.69, 9.17) is 0 Å². The standard InChI is InChI=1S/C10H8FN3O4S2/c1-6-5-9(19-10(6)14(15)16)20(17,18)13-8-4-2-3-7(11)12-8/h2-5H,1H3,(H,12,13). The van der Waals surface area contributed by atoms with E-state index in [9.17, 15) is 22.9 Å². The number of hydrogen-bond donors (Lipinski definition) is 1. The van der Waals surface area contributed by atoms with Crippen molar-refractivity contribution in [3.05, 3.63) is 45.9 Å². The zero-order chi connectivity index (χ0) is 14.9. The highest BCUT2D eigenvalue weighted by Gasteiger charge is 2.24. The quantitative estimate of drug-likeness (QED) is 0.529. The van der Waals surface area contributed by atoms with Gasteiger partial charge in [0.2, 0.25) is 5.95 Å². The van der Waals surface area contributed by atoms with Crippen molar-refractivity contribution in [3.8, 4) is 0 Å². The lowest BCUT2D eigenvalue weighted by Gasteiger charge is -2.04. The van der Waals surface area contributed by atoms with Crippen molar-refractivity contribution in [2.45, 2.75) is 11.1 Å². The maximum absolute atomic E-state index is 12.9. The Morgan fingerprint density at radius 3 is 2.70 bits per heavy atom. The number of nitrogens with zero attached hydrogens (tertiary/aromatic N) is 2. The molecular weight excluding hydrogens is 309 g/mol. The van der Waals surface area contributed by atoms with Crippen LogP contribution in [0, 0.1) is 23.0 Å². The molecule has 10 heteroatoms. The highest BCUT2D eigenvalue weighted by Crippen LogP contribution is 2.33.